The van der Waals surface area contributed by atoms with Crippen LogP contribution in [-0.2, 0) is 14.3 Å². The Morgan fingerprint density at radius 2 is 1.79 bits per heavy atom. The number of hydrogen-bond acceptors (Lipinski definition) is 8. The molecule has 1 heterocycles. The topological polar surface area (TPSA) is 149 Å². The molecule has 5 atom stereocenters. The highest BCUT2D eigenvalue weighted by Crippen LogP contribution is 2.22. The zero-order valence-electron chi connectivity index (χ0n) is 13.7. The molecule has 0 aliphatic carbocycles. The normalized spacial score (nSPS) is 30.1. The first-order chi connectivity index (χ1) is 11.4. The van der Waals surface area contributed by atoms with Crippen LogP contribution in [0.1, 0.15) is 32.6 Å². The molecule has 0 spiro atoms. The molecule has 1 aliphatic rings. The van der Waals surface area contributed by atoms with Gasteiger partial charge in [-0.25, -0.2) is 4.79 Å². The second-order valence-corrected chi connectivity index (χ2v) is 5.70. The highest BCUT2D eigenvalue weighted by Gasteiger charge is 2.47. The molecule has 0 amide bonds. The van der Waals surface area contributed by atoms with E-state index in [0.29, 0.717) is 25.9 Å². The molecule has 140 valence electrons. The van der Waals surface area contributed by atoms with E-state index < -0.39 is 36.7 Å². The van der Waals surface area contributed by atoms with Gasteiger partial charge in [0.25, 0.3) is 0 Å². The third kappa shape index (κ3) is 5.95. The molecule has 1 saturated heterocycles. The molecule has 0 aromatic carbocycles. The number of aliphatic hydroxyl groups excluding tert-OH is 3. The van der Waals surface area contributed by atoms with Gasteiger partial charge < -0.3 is 29.9 Å². The van der Waals surface area contributed by atoms with Crippen molar-refractivity contribution < 1.29 is 34.7 Å². The third-order valence-corrected chi connectivity index (χ3v) is 3.79. The van der Waals surface area contributed by atoms with E-state index in [0.717, 1.165) is 12.8 Å². The minimum absolute atomic E-state index is 0.136. The molecule has 24 heavy (non-hydrogen) atoms. The predicted octanol–water partition coefficient (Wildman–Crippen LogP) is -0.541. The van der Waals surface area contributed by atoms with Gasteiger partial charge in [0.2, 0.25) is 0 Å². The molecule has 0 bridgehead atoms. The second-order valence-electron chi connectivity index (χ2n) is 5.70. The minimum atomic E-state index is -1.73. The average molecular weight is 350 g/mol. The van der Waals surface area contributed by atoms with Crippen LogP contribution in [0.15, 0.2) is 5.29 Å². The number of aliphatic hydroxyl groups is 3. The van der Waals surface area contributed by atoms with Crippen LogP contribution in [0.2, 0.25) is 0 Å². The Morgan fingerprint density at radius 3 is 2.38 bits per heavy atom. The summed E-state index contributed by atoms with van der Waals surface area (Å²) in [6, 6.07) is 0. The lowest BCUT2D eigenvalue weighted by Gasteiger charge is -2.38. The molecule has 10 nitrogen and oxygen atoms in total. The van der Waals surface area contributed by atoms with Gasteiger partial charge in [-0.15, -0.1) is 4.91 Å². The Morgan fingerprint density at radius 1 is 1.12 bits per heavy atom. The number of unbranched alkanes of at least 4 members (excludes halogenated alkanes) is 2. The Bertz CT molecular complexity index is 397. The highest BCUT2D eigenvalue weighted by atomic mass is 16.7. The maximum Gasteiger partial charge on any atom is 0.335 e. The number of carbonyl (C=O) groups is 1. The van der Waals surface area contributed by atoms with E-state index in [1.807, 2.05) is 6.92 Å². The number of carboxylic acid groups (broad SMARTS) is 1. The first-order valence-electron chi connectivity index (χ1n) is 8.04. The van der Waals surface area contributed by atoms with Crippen molar-refractivity contribution in [1.29, 1.82) is 0 Å². The monoisotopic (exact) mass is 350 g/mol. The predicted molar refractivity (Wildman–Crippen MR) is 81.8 cm³/mol. The molecule has 0 radical (unpaired) electrons. The minimum Gasteiger partial charge on any atom is -0.479 e. The smallest absolute Gasteiger partial charge is 0.335 e. The van der Waals surface area contributed by atoms with Gasteiger partial charge in [0, 0.05) is 19.7 Å². The zero-order valence-corrected chi connectivity index (χ0v) is 13.7. The van der Waals surface area contributed by atoms with Crippen LogP contribution in [0.25, 0.3) is 0 Å². The van der Waals surface area contributed by atoms with E-state index in [9.17, 15) is 25.0 Å². The van der Waals surface area contributed by atoms with E-state index in [1.165, 1.54) is 5.01 Å². The fourth-order valence-electron chi connectivity index (χ4n) is 2.32. The Hall–Kier alpha value is -1.33. The van der Waals surface area contributed by atoms with Crippen LogP contribution >= 0.6 is 0 Å². The number of ether oxygens (including phenoxy) is 2. The standard InChI is InChI=1S/C14H26N2O8/c1-2-3-6-16(15-22)7-4-5-8-23-14-11(19)9(17)10(18)12(24-14)13(20)21/h9-12,14,17-19H,2-8H2,1H3,(H,20,21)/t9-,10-,11+,12-,14+/m0/s1. The Kier molecular flexibility index (Phi) is 9.08. The molecule has 0 saturated carbocycles. The lowest BCUT2D eigenvalue weighted by molar-refractivity contribution is -0.294. The van der Waals surface area contributed by atoms with Gasteiger partial charge in [0.1, 0.15) is 18.3 Å². The summed E-state index contributed by atoms with van der Waals surface area (Å²) in [5.41, 5.74) is 0. The van der Waals surface area contributed by atoms with Crippen molar-refractivity contribution in [3.05, 3.63) is 4.91 Å². The van der Waals surface area contributed by atoms with Crippen molar-refractivity contribution in [2.75, 3.05) is 19.7 Å². The van der Waals surface area contributed by atoms with Crippen molar-refractivity contribution in [3.8, 4) is 0 Å². The van der Waals surface area contributed by atoms with E-state index in [2.05, 4.69) is 5.29 Å². The summed E-state index contributed by atoms with van der Waals surface area (Å²) in [6.45, 7) is 3.22. The Balaban J connectivity index is 2.33. The first-order valence-corrected chi connectivity index (χ1v) is 8.04. The quantitative estimate of drug-likeness (QED) is 0.219. The van der Waals surface area contributed by atoms with Crippen molar-refractivity contribution in [2.24, 2.45) is 5.29 Å². The highest BCUT2D eigenvalue weighted by molar-refractivity contribution is 5.73. The van der Waals surface area contributed by atoms with Crippen molar-refractivity contribution in [2.45, 2.75) is 63.3 Å². The average Bonchev–Trinajstić information content (AvgIpc) is 2.56. The van der Waals surface area contributed by atoms with Crippen LogP contribution in [0, 0.1) is 4.91 Å². The Labute approximate surface area is 139 Å². The number of aliphatic carboxylic acids is 1. The molecule has 1 rings (SSSR count). The summed E-state index contributed by atoms with van der Waals surface area (Å²) in [4.78, 5) is 21.6. The van der Waals surface area contributed by atoms with E-state index in [1.54, 1.807) is 0 Å². The molecule has 10 heteroatoms. The van der Waals surface area contributed by atoms with Crippen molar-refractivity contribution in [1.82, 2.24) is 5.01 Å². The van der Waals surface area contributed by atoms with Gasteiger partial charge >= 0.3 is 5.97 Å². The second kappa shape index (κ2) is 10.5. The largest absolute Gasteiger partial charge is 0.479 e. The van der Waals surface area contributed by atoms with E-state index in [4.69, 9.17) is 14.6 Å². The van der Waals surface area contributed by atoms with Crippen LogP contribution in [0.3, 0.4) is 0 Å². The van der Waals surface area contributed by atoms with Gasteiger partial charge in [-0.1, -0.05) is 13.3 Å². The molecule has 1 fully saturated rings. The fraction of sp³-hybridized carbons (Fsp3) is 0.929. The van der Waals surface area contributed by atoms with Crippen molar-refractivity contribution in [3.63, 3.8) is 0 Å². The zero-order chi connectivity index (χ0) is 18.1. The van der Waals surface area contributed by atoms with Crippen molar-refractivity contribution >= 4 is 5.97 Å². The lowest BCUT2D eigenvalue weighted by atomic mass is 9.99. The summed E-state index contributed by atoms with van der Waals surface area (Å²) in [7, 11) is 0. The molecule has 1 aliphatic heterocycles. The number of nitrogens with zero attached hydrogens (tertiary/aromatic N) is 2. The van der Waals surface area contributed by atoms with Crippen LogP contribution in [-0.4, -0.2) is 81.8 Å². The van der Waals surface area contributed by atoms with Gasteiger partial charge in [0.15, 0.2) is 12.4 Å². The summed E-state index contributed by atoms with van der Waals surface area (Å²) in [5.74, 6) is -1.45. The van der Waals surface area contributed by atoms with Crippen LogP contribution < -0.4 is 0 Å². The lowest BCUT2D eigenvalue weighted by Crippen LogP contribution is -2.60. The summed E-state index contributed by atoms with van der Waals surface area (Å²) < 4.78 is 10.2. The molecule has 0 unspecified atom stereocenters. The number of hydrogen-bond donors (Lipinski definition) is 4. The van der Waals surface area contributed by atoms with Gasteiger partial charge in [-0.2, -0.15) is 0 Å². The number of carboxylic acids is 1. The van der Waals surface area contributed by atoms with Gasteiger partial charge in [0.05, 0.1) is 5.29 Å². The maximum atomic E-state index is 11.0. The molecular formula is C14H26N2O8. The molecule has 4 N–H and O–H groups in total. The fourth-order valence-corrected chi connectivity index (χ4v) is 2.32. The number of nitroso groups, excluding NO2 is 1. The summed E-state index contributed by atoms with van der Waals surface area (Å²) in [6.07, 6.45) is -4.98. The molecule has 0 aromatic heterocycles. The van der Waals surface area contributed by atoms with Gasteiger partial charge in [-0.3, -0.25) is 5.01 Å². The first kappa shape index (κ1) is 20.7. The van der Waals surface area contributed by atoms with Gasteiger partial charge in [-0.05, 0) is 19.3 Å². The SMILES string of the molecule is CCCCN(CCCCO[C@@H]1O[C@H](C(=O)O)[C@@H](O)[C@H](O)[C@H]1O)N=O. The van der Waals surface area contributed by atoms with Crippen LogP contribution in [0.5, 0.6) is 0 Å². The summed E-state index contributed by atoms with van der Waals surface area (Å²) in [5, 5.41) is 42.2. The van der Waals surface area contributed by atoms with Crippen LogP contribution in [0.4, 0.5) is 0 Å². The third-order valence-electron chi connectivity index (χ3n) is 3.79. The van der Waals surface area contributed by atoms with E-state index >= 15 is 0 Å². The molecule has 0 aromatic rings. The van der Waals surface area contributed by atoms with E-state index in [-0.39, 0.29) is 6.61 Å². The maximum absolute atomic E-state index is 11.0. The summed E-state index contributed by atoms with van der Waals surface area (Å²) >= 11 is 0. The number of rotatable bonds is 11. The molecular weight excluding hydrogens is 324 g/mol.